The first kappa shape index (κ1) is 20.8. The van der Waals surface area contributed by atoms with Crippen molar-refractivity contribution in [3.05, 3.63) is 64.5 Å². The van der Waals surface area contributed by atoms with Crippen LogP contribution in [0.4, 0.5) is 5.69 Å². The topological polar surface area (TPSA) is 71.3 Å². The third kappa shape index (κ3) is 5.15. The van der Waals surface area contributed by atoms with Crippen LogP contribution in [0.2, 0.25) is 0 Å². The number of amides is 1. The van der Waals surface area contributed by atoms with Crippen LogP contribution >= 0.6 is 15.9 Å². The molecule has 1 saturated heterocycles. The van der Waals surface area contributed by atoms with E-state index in [0.29, 0.717) is 18.3 Å². The number of aryl methyl sites for hydroxylation is 1. The summed E-state index contributed by atoms with van der Waals surface area (Å²) in [7, 11) is 0. The van der Waals surface area contributed by atoms with Gasteiger partial charge in [-0.15, -0.1) is 0 Å². The molecule has 1 aliphatic heterocycles. The molecule has 7 heteroatoms. The van der Waals surface area contributed by atoms with Gasteiger partial charge in [-0.2, -0.15) is 4.98 Å². The lowest BCUT2D eigenvalue weighted by Crippen LogP contribution is -2.37. The first-order chi connectivity index (χ1) is 14.6. The molecule has 4 rings (SSSR count). The molecule has 0 radical (unpaired) electrons. The number of rotatable bonds is 6. The molecule has 6 nitrogen and oxygen atoms in total. The number of benzene rings is 2. The van der Waals surface area contributed by atoms with Gasteiger partial charge in [-0.25, -0.2) is 0 Å². The minimum atomic E-state index is 0.0343. The maximum absolute atomic E-state index is 12.6. The highest BCUT2D eigenvalue weighted by Gasteiger charge is 2.26. The quantitative estimate of drug-likeness (QED) is 0.556. The zero-order valence-corrected chi connectivity index (χ0v) is 18.6. The lowest BCUT2D eigenvalue weighted by molar-refractivity contribution is -0.121. The predicted molar refractivity (Wildman–Crippen MR) is 120 cm³/mol. The second kappa shape index (κ2) is 9.53. The maximum Gasteiger partial charge on any atom is 0.241 e. The van der Waals surface area contributed by atoms with E-state index < -0.39 is 0 Å². The van der Waals surface area contributed by atoms with E-state index in [1.165, 1.54) is 5.56 Å². The minimum Gasteiger partial charge on any atom is -0.338 e. The van der Waals surface area contributed by atoms with E-state index in [0.717, 1.165) is 48.1 Å². The van der Waals surface area contributed by atoms with Crippen molar-refractivity contribution in [1.82, 2.24) is 15.0 Å². The number of carbonyl (C=O) groups excluding carboxylic acids is 1. The van der Waals surface area contributed by atoms with Crippen molar-refractivity contribution in [2.45, 2.75) is 32.7 Å². The van der Waals surface area contributed by atoms with Gasteiger partial charge in [0.2, 0.25) is 17.6 Å². The highest BCUT2D eigenvalue weighted by atomic mass is 79.9. The average Bonchev–Trinajstić information content (AvgIpc) is 3.23. The summed E-state index contributed by atoms with van der Waals surface area (Å²) in [5.74, 6) is 1.33. The third-order valence-electron chi connectivity index (χ3n) is 5.50. The van der Waals surface area contributed by atoms with Crippen LogP contribution < -0.4 is 5.32 Å². The van der Waals surface area contributed by atoms with Gasteiger partial charge in [-0.3, -0.25) is 9.69 Å². The van der Waals surface area contributed by atoms with Gasteiger partial charge >= 0.3 is 0 Å². The summed E-state index contributed by atoms with van der Waals surface area (Å²) in [6.45, 7) is 4.40. The fourth-order valence-electron chi connectivity index (χ4n) is 3.68. The second-order valence-electron chi connectivity index (χ2n) is 7.61. The first-order valence-electron chi connectivity index (χ1n) is 10.3. The smallest absolute Gasteiger partial charge is 0.241 e. The number of likely N-dealkylation sites (tertiary alicyclic amines) is 1. The Labute approximate surface area is 184 Å². The molecule has 0 aliphatic carbocycles. The zero-order chi connectivity index (χ0) is 20.9. The van der Waals surface area contributed by atoms with Crippen LogP contribution in [0, 0.1) is 5.92 Å². The number of carbonyl (C=O) groups is 1. The number of halogens is 1. The van der Waals surface area contributed by atoms with E-state index >= 15 is 0 Å². The molecule has 30 heavy (non-hydrogen) atoms. The number of aromatic nitrogens is 2. The van der Waals surface area contributed by atoms with Crippen molar-refractivity contribution in [3.63, 3.8) is 0 Å². The average molecular weight is 469 g/mol. The fraction of sp³-hybridized carbons (Fsp3) is 0.348. The normalized spacial score (nSPS) is 15.3. The molecule has 1 aliphatic rings. The molecule has 0 spiro atoms. The van der Waals surface area contributed by atoms with Gasteiger partial charge in [0.05, 0.1) is 6.54 Å². The van der Waals surface area contributed by atoms with E-state index in [-0.39, 0.29) is 11.8 Å². The number of nitrogens with one attached hydrogen (secondary N) is 1. The van der Waals surface area contributed by atoms with Crippen molar-refractivity contribution in [1.29, 1.82) is 0 Å². The third-order valence-corrected chi connectivity index (χ3v) is 5.99. The maximum atomic E-state index is 12.6. The monoisotopic (exact) mass is 468 g/mol. The summed E-state index contributed by atoms with van der Waals surface area (Å²) < 4.78 is 6.42. The van der Waals surface area contributed by atoms with E-state index in [1.54, 1.807) is 0 Å². The molecule has 0 saturated carbocycles. The van der Waals surface area contributed by atoms with Crippen LogP contribution in [0.5, 0.6) is 0 Å². The Morgan fingerprint density at radius 3 is 2.67 bits per heavy atom. The summed E-state index contributed by atoms with van der Waals surface area (Å²) in [6, 6.07) is 15.9. The van der Waals surface area contributed by atoms with Gasteiger partial charge < -0.3 is 9.84 Å². The van der Waals surface area contributed by atoms with Crippen molar-refractivity contribution >= 4 is 27.5 Å². The van der Waals surface area contributed by atoms with Gasteiger partial charge in [0, 0.05) is 21.6 Å². The lowest BCUT2D eigenvalue weighted by atomic mass is 9.96. The van der Waals surface area contributed by atoms with Gasteiger partial charge in [0.1, 0.15) is 0 Å². The van der Waals surface area contributed by atoms with Crippen LogP contribution in [0.1, 0.15) is 31.2 Å². The molecule has 1 aromatic heterocycles. The zero-order valence-electron chi connectivity index (χ0n) is 17.0. The Hall–Kier alpha value is -2.51. The SMILES string of the molecule is CCc1ccc(NC(=O)C2CCN(Cc3nc(-c4cccc(Br)c4)no3)CC2)cc1. The number of nitrogens with zero attached hydrogens (tertiary/aromatic N) is 3. The molecule has 3 aromatic rings. The van der Waals surface area contributed by atoms with Crippen molar-refractivity contribution in [2.75, 3.05) is 18.4 Å². The highest BCUT2D eigenvalue weighted by Crippen LogP contribution is 2.23. The van der Waals surface area contributed by atoms with E-state index in [2.05, 4.69) is 55.3 Å². The number of piperidine rings is 1. The molecule has 1 amide bonds. The van der Waals surface area contributed by atoms with Gasteiger partial charge in [-0.05, 0) is 62.2 Å². The van der Waals surface area contributed by atoms with Crippen LogP contribution in [0.3, 0.4) is 0 Å². The molecule has 1 fully saturated rings. The van der Waals surface area contributed by atoms with Gasteiger partial charge in [-0.1, -0.05) is 52.3 Å². The highest BCUT2D eigenvalue weighted by molar-refractivity contribution is 9.10. The predicted octanol–water partition coefficient (Wildman–Crippen LogP) is 4.91. The standard InChI is InChI=1S/C23H25BrN4O2/c1-2-16-6-8-20(9-7-16)25-23(29)17-10-12-28(13-11-17)15-21-26-22(27-30-21)18-4-3-5-19(24)14-18/h3-9,14,17H,2,10-13,15H2,1H3,(H,25,29). The second-order valence-corrected chi connectivity index (χ2v) is 8.53. The molecular weight excluding hydrogens is 444 g/mol. The van der Waals surface area contributed by atoms with Crippen LogP contribution in [0.15, 0.2) is 57.5 Å². The molecule has 0 atom stereocenters. The summed E-state index contributed by atoms with van der Waals surface area (Å²) in [5.41, 5.74) is 3.05. The van der Waals surface area contributed by atoms with Crippen LogP contribution in [-0.2, 0) is 17.8 Å². The van der Waals surface area contributed by atoms with E-state index in [9.17, 15) is 4.79 Å². The first-order valence-corrected chi connectivity index (χ1v) is 11.1. The molecule has 0 unspecified atom stereocenters. The summed E-state index contributed by atoms with van der Waals surface area (Å²) in [4.78, 5) is 19.4. The van der Waals surface area contributed by atoms with Gasteiger partial charge in [0.15, 0.2) is 0 Å². The van der Waals surface area contributed by atoms with Crippen molar-refractivity contribution in [2.24, 2.45) is 5.92 Å². The Morgan fingerprint density at radius 2 is 1.97 bits per heavy atom. The Morgan fingerprint density at radius 1 is 1.20 bits per heavy atom. The van der Waals surface area contributed by atoms with Crippen molar-refractivity contribution in [3.8, 4) is 11.4 Å². The number of anilines is 1. The molecule has 2 heterocycles. The number of hydrogen-bond acceptors (Lipinski definition) is 5. The molecule has 1 N–H and O–H groups in total. The summed E-state index contributed by atoms with van der Waals surface area (Å²) >= 11 is 3.46. The molecule has 0 bridgehead atoms. The molecular formula is C23H25BrN4O2. The van der Waals surface area contributed by atoms with E-state index in [4.69, 9.17) is 4.52 Å². The fourth-order valence-corrected chi connectivity index (χ4v) is 4.08. The van der Waals surface area contributed by atoms with E-state index in [1.807, 2.05) is 36.4 Å². The Bertz CT molecular complexity index is 994. The largest absolute Gasteiger partial charge is 0.338 e. The minimum absolute atomic E-state index is 0.0343. The molecule has 156 valence electrons. The van der Waals surface area contributed by atoms with Crippen molar-refractivity contribution < 1.29 is 9.32 Å². The summed E-state index contributed by atoms with van der Waals surface area (Å²) in [6.07, 6.45) is 2.65. The number of hydrogen-bond donors (Lipinski definition) is 1. The van der Waals surface area contributed by atoms with Crippen LogP contribution in [0.25, 0.3) is 11.4 Å². The Balaban J connectivity index is 1.28. The Kier molecular flexibility index (Phi) is 6.59. The molecule has 2 aromatic carbocycles. The summed E-state index contributed by atoms with van der Waals surface area (Å²) in [5, 5.41) is 7.15. The van der Waals surface area contributed by atoms with Crippen LogP contribution in [-0.4, -0.2) is 34.0 Å². The van der Waals surface area contributed by atoms with Gasteiger partial charge in [0.25, 0.3) is 0 Å². The lowest BCUT2D eigenvalue weighted by Gasteiger charge is -2.30.